The van der Waals surface area contributed by atoms with Crippen LogP contribution in [0.25, 0.3) is 6.08 Å². The van der Waals surface area contributed by atoms with Gasteiger partial charge in [-0.3, -0.25) is 9.78 Å². The zero-order valence-corrected chi connectivity index (χ0v) is 21.5. The molecular weight excluding hydrogens is 433 g/mol. The summed E-state index contributed by atoms with van der Waals surface area (Å²) >= 11 is 0. The molecule has 34 heavy (non-hydrogen) atoms. The number of rotatable bonds is 16. The predicted molar refractivity (Wildman–Crippen MR) is 136 cm³/mol. The number of aliphatic hydroxyl groups excluding tert-OH is 3. The van der Waals surface area contributed by atoms with Crippen LogP contribution in [0, 0.1) is 17.3 Å². The van der Waals surface area contributed by atoms with Crippen molar-refractivity contribution >= 4 is 11.9 Å². The van der Waals surface area contributed by atoms with Gasteiger partial charge in [0.1, 0.15) is 11.6 Å². The van der Waals surface area contributed by atoms with Crippen LogP contribution in [0.5, 0.6) is 0 Å². The number of pyridine rings is 1. The lowest BCUT2D eigenvalue weighted by Crippen LogP contribution is -2.45. The van der Waals surface area contributed by atoms with Crippen molar-refractivity contribution in [1.29, 1.82) is 0 Å². The van der Waals surface area contributed by atoms with Gasteiger partial charge in [-0.05, 0) is 69.6 Å². The molecule has 0 aliphatic carbocycles. The number of ketones is 1. The van der Waals surface area contributed by atoms with Crippen LogP contribution in [-0.2, 0) is 4.79 Å². The first-order chi connectivity index (χ1) is 16.0. The van der Waals surface area contributed by atoms with Gasteiger partial charge in [-0.1, -0.05) is 45.4 Å². The lowest BCUT2D eigenvalue weighted by Gasteiger charge is -2.35. The van der Waals surface area contributed by atoms with E-state index in [4.69, 9.17) is 5.11 Å². The van der Waals surface area contributed by atoms with Crippen molar-refractivity contribution in [1.82, 2.24) is 4.98 Å². The maximum absolute atomic E-state index is 14.0. The van der Waals surface area contributed by atoms with Crippen molar-refractivity contribution in [3.05, 3.63) is 47.6 Å². The van der Waals surface area contributed by atoms with E-state index < -0.39 is 23.5 Å². The Morgan fingerprint density at radius 3 is 2.50 bits per heavy atom. The highest BCUT2D eigenvalue weighted by Crippen LogP contribution is 2.33. The number of Topliss-reactive ketones (excluding diaryl/α,β-unsaturated/α-hetero) is 1. The standard InChI is InChI=1S/C28H44FNO4/c1-6-24(27(34)28(4,5)25(32)16-18-31)26(33)21(3)13-9-11-20(2)12-10-14-22(29)19-23-15-7-8-17-30-23/h7-8,12,15,17,19,21,24-26,31-33H,6,9-11,13-14,16,18H2,1-5H3. The Morgan fingerprint density at radius 2 is 1.91 bits per heavy atom. The Morgan fingerprint density at radius 1 is 1.21 bits per heavy atom. The van der Waals surface area contributed by atoms with Crippen LogP contribution < -0.4 is 0 Å². The van der Waals surface area contributed by atoms with Crippen molar-refractivity contribution in [2.45, 2.75) is 91.8 Å². The third kappa shape index (κ3) is 9.77. The van der Waals surface area contributed by atoms with E-state index in [1.54, 1.807) is 32.2 Å². The zero-order valence-electron chi connectivity index (χ0n) is 21.5. The van der Waals surface area contributed by atoms with E-state index in [0.717, 1.165) is 19.3 Å². The number of aliphatic hydroxyl groups is 3. The third-order valence-electron chi connectivity index (χ3n) is 6.74. The smallest absolute Gasteiger partial charge is 0.146 e. The molecule has 0 aliphatic rings. The first kappa shape index (κ1) is 30.1. The summed E-state index contributed by atoms with van der Waals surface area (Å²) in [6.45, 7) is 9.03. The van der Waals surface area contributed by atoms with Crippen LogP contribution in [0.1, 0.15) is 85.3 Å². The fraction of sp³-hybridized carbons (Fsp3) is 0.643. The Bertz CT molecular complexity index is 791. The van der Waals surface area contributed by atoms with Gasteiger partial charge in [0.2, 0.25) is 0 Å². The average molecular weight is 478 g/mol. The van der Waals surface area contributed by atoms with Gasteiger partial charge in [-0.15, -0.1) is 0 Å². The quantitative estimate of drug-likeness (QED) is 0.268. The van der Waals surface area contributed by atoms with Crippen LogP contribution in [-0.4, -0.2) is 44.9 Å². The highest BCUT2D eigenvalue weighted by Gasteiger charge is 2.42. The summed E-state index contributed by atoms with van der Waals surface area (Å²) in [4.78, 5) is 17.2. The van der Waals surface area contributed by atoms with Gasteiger partial charge in [-0.25, -0.2) is 4.39 Å². The lowest BCUT2D eigenvalue weighted by molar-refractivity contribution is -0.143. The van der Waals surface area contributed by atoms with E-state index in [1.807, 2.05) is 26.8 Å². The first-order valence-corrected chi connectivity index (χ1v) is 12.5. The second-order valence-corrected chi connectivity index (χ2v) is 9.92. The summed E-state index contributed by atoms with van der Waals surface area (Å²) in [6, 6.07) is 5.39. The van der Waals surface area contributed by atoms with Crippen LogP contribution in [0.2, 0.25) is 0 Å². The van der Waals surface area contributed by atoms with Crippen molar-refractivity contribution < 1.29 is 24.5 Å². The number of hydrogen-bond acceptors (Lipinski definition) is 5. The van der Waals surface area contributed by atoms with Crippen LogP contribution in [0.4, 0.5) is 4.39 Å². The molecule has 0 bridgehead atoms. The lowest BCUT2D eigenvalue weighted by atomic mass is 9.71. The van der Waals surface area contributed by atoms with Crippen molar-refractivity contribution in [3.8, 4) is 0 Å². The Kier molecular flexibility index (Phi) is 13.5. The van der Waals surface area contributed by atoms with E-state index >= 15 is 0 Å². The first-order valence-electron chi connectivity index (χ1n) is 12.5. The number of carbonyl (C=O) groups is 1. The SMILES string of the molecule is CCC(C(=O)C(C)(C)C(O)CCO)C(O)C(C)CCCC(C)=CCCC(F)=Cc1ccccn1. The summed E-state index contributed by atoms with van der Waals surface area (Å²) in [5, 5.41) is 30.3. The monoisotopic (exact) mass is 477 g/mol. The van der Waals surface area contributed by atoms with Gasteiger partial charge in [0.25, 0.3) is 0 Å². The maximum atomic E-state index is 14.0. The van der Waals surface area contributed by atoms with Crippen LogP contribution in [0.15, 0.2) is 41.9 Å². The fourth-order valence-electron chi connectivity index (χ4n) is 4.23. The second kappa shape index (κ2) is 15.2. The minimum Gasteiger partial charge on any atom is -0.396 e. The van der Waals surface area contributed by atoms with Gasteiger partial charge in [0.05, 0.1) is 17.9 Å². The molecule has 0 radical (unpaired) electrons. The second-order valence-electron chi connectivity index (χ2n) is 9.92. The van der Waals surface area contributed by atoms with Crippen LogP contribution >= 0.6 is 0 Å². The van der Waals surface area contributed by atoms with E-state index in [9.17, 15) is 19.4 Å². The van der Waals surface area contributed by atoms with Crippen molar-refractivity contribution in [3.63, 3.8) is 0 Å². The van der Waals surface area contributed by atoms with E-state index in [1.165, 1.54) is 11.6 Å². The summed E-state index contributed by atoms with van der Waals surface area (Å²) in [7, 11) is 0. The number of halogens is 1. The third-order valence-corrected chi connectivity index (χ3v) is 6.74. The van der Waals surface area contributed by atoms with Crippen molar-refractivity contribution in [2.75, 3.05) is 6.61 Å². The highest BCUT2D eigenvalue weighted by atomic mass is 19.1. The van der Waals surface area contributed by atoms with E-state index in [2.05, 4.69) is 11.1 Å². The summed E-state index contributed by atoms with van der Waals surface area (Å²) in [5.41, 5.74) is 0.774. The van der Waals surface area contributed by atoms with Gasteiger partial charge in [0, 0.05) is 30.6 Å². The minimum atomic E-state index is -1.02. The number of hydrogen-bond donors (Lipinski definition) is 3. The molecule has 0 aliphatic heterocycles. The molecule has 0 fully saturated rings. The summed E-state index contributed by atoms with van der Waals surface area (Å²) in [5.74, 6) is -0.968. The topological polar surface area (TPSA) is 90.7 Å². The molecule has 0 saturated heterocycles. The molecule has 1 rings (SSSR count). The summed E-state index contributed by atoms with van der Waals surface area (Å²) in [6.07, 6.45) is 7.50. The summed E-state index contributed by atoms with van der Waals surface area (Å²) < 4.78 is 14.0. The maximum Gasteiger partial charge on any atom is 0.146 e. The molecule has 3 N–H and O–H groups in total. The van der Waals surface area contributed by atoms with Gasteiger partial charge >= 0.3 is 0 Å². The largest absolute Gasteiger partial charge is 0.396 e. The molecule has 192 valence electrons. The van der Waals surface area contributed by atoms with Gasteiger partial charge in [-0.2, -0.15) is 0 Å². The molecule has 4 atom stereocenters. The normalized spacial score (nSPS) is 16.7. The average Bonchev–Trinajstić information content (AvgIpc) is 2.80. The fourth-order valence-corrected chi connectivity index (χ4v) is 4.23. The number of allylic oxidation sites excluding steroid dienone is 3. The molecule has 1 aromatic rings. The molecule has 0 spiro atoms. The highest BCUT2D eigenvalue weighted by molar-refractivity contribution is 5.87. The molecule has 0 saturated carbocycles. The number of carbonyl (C=O) groups excluding carboxylic acids is 1. The molecule has 0 amide bonds. The molecule has 4 unspecified atom stereocenters. The van der Waals surface area contributed by atoms with E-state index in [-0.39, 0.29) is 30.6 Å². The molecule has 0 aromatic carbocycles. The molecule has 1 heterocycles. The Balaban J connectivity index is 2.52. The predicted octanol–water partition coefficient (Wildman–Crippen LogP) is 5.65. The molecule has 1 aromatic heterocycles. The van der Waals surface area contributed by atoms with Crippen LogP contribution in [0.3, 0.4) is 0 Å². The number of nitrogens with zero attached hydrogens (tertiary/aromatic N) is 1. The van der Waals surface area contributed by atoms with Crippen molar-refractivity contribution in [2.24, 2.45) is 17.3 Å². The van der Waals surface area contributed by atoms with Gasteiger partial charge in [0.15, 0.2) is 0 Å². The van der Waals surface area contributed by atoms with Gasteiger partial charge < -0.3 is 15.3 Å². The Labute approximate surface area is 204 Å². The minimum absolute atomic E-state index is 0.0637. The zero-order chi connectivity index (χ0) is 25.7. The molecular formula is C28H44FNO4. The molecule has 6 heteroatoms. The van der Waals surface area contributed by atoms with E-state index in [0.29, 0.717) is 25.0 Å². The Hall–Kier alpha value is -1.89. The molecule has 5 nitrogen and oxygen atoms in total. The number of aromatic nitrogens is 1.